The zero-order valence-electron chi connectivity index (χ0n) is 9.62. The van der Waals surface area contributed by atoms with Gasteiger partial charge >= 0.3 is 0 Å². The smallest absolute Gasteiger partial charge is 0.161 e. The summed E-state index contributed by atoms with van der Waals surface area (Å²) in [5.41, 5.74) is 0.749. The molecule has 1 fully saturated rings. The van der Waals surface area contributed by atoms with Crippen LogP contribution in [0.25, 0.3) is 0 Å². The average molecular weight is 217 g/mol. The second-order valence-corrected chi connectivity index (χ2v) is 4.12. The van der Waals surface area contributed by atoms with E-state index in [2.05, 4.69) is 6.07 Å². The molecule has 2 rings (SSSR count). The first-order chi connectivity index (χ1) is 7.75. The van der Waals surface area contributed by atoms with Crippen molar-refractivity contribution >= 4 is 0 Å². The van der Waals surface area contributed by atoms with Gasteiger partial charge in [-0.1, -0.05) is 6.07 Å². The summed E-state index contributed by atoms with van der Waals surface area (Å²) in [5.74, 6) is 1.40. The quantitative estimate of drug-likeness (QED) is 0.781. The molecule has 0 saturated heterocycles. The Kier molecular flexibility index (Phi) is 2.74. The number of hydrogen-bond donors (Lipinski definition) is 0. The normalized spacial score (nSPS) is 17.1. The van der Waals surface area contributed by atoms with Gasteiger partial charge in [0.25, 0.3) is 0 Å². The molecule has 1 aliphatic rings. The number of hydrogen-bond acceptors (Lipinski definition) is 3. The van der Waals surface area contributed by atoms with E-state index in [1.165, 1.54) is 0 Å². The van der Waals surface area contributed by atoms with Gasteiger partial charge in [-0.05, 0) is 37.0 Å². The molecule has 0 radical (unpaired) electrons. The van der Waals surface area contributed by atoms with Crippen molar-refractivity contribution in [2.45, 2.75) is 24.7 Å². The van der Waals surface area contributed by atoms with Crippen LogP contribution in [0.1, 0.15) is 24.8 Å². The van der Waals surface area contributed by atoms with Gasteiger partial charge in [0.1, 0.15) is 0 Å². The zero-order valence-corrected chi connectivity index (χ0v) is 9.62. The number of ether oxygens (including phenoxy) is 2. The molecule has 1 aromatic rings. The molecule has 0 heterocycles. The summed E-state index contributed by atoms with van der Waals surface area (Å²) < 4.78 is 10.4. The van der Waals surface area contributed by atoms with Crippen molar-refractivity contribution in [3.8, 4) is 17.6 Å². The molecule has 0 aromatic heterocycles. The number of benzene rings is 1. The van der Waals surface area contributed by atoms with E-state index in [-0.39, 0.29) is 5.41 Å². The summed E-state index contributed by atoms with van der Waals surface area (Å²) in [6, 6.07) is 8.17. The molecule has 1 saturated carbocycles. The predicted octanol–water partition coefficient (Wildman–Crippen LogP) is 2.65. The Bertz CT molecular complexity index is 430. The van der Waals surface area contributed by atoms with E-state index < -0.39 is 0 Å². The van der Waals surface area contributed by atoms with Crippen molar-refractivity contribution in [2.24, 2.45) is 0 Å². The monoisotopic (exact) mass is 217 g/mol. The maximum absolute atomic E-state index is 9.26. The number of nitrogens with zero attached hydrogens (tertiary/aromatic N) is 1. The van der Waals surface area contributed by atoms with Crippen LogP contribution in [0, 0.1) is 11.3 Å². The molecule has 0 spiro atoms. The summed E-state index contributed by atoms with van der Waals surface area (Å²) in [6.07, 6.45) is 3.01. The molecule has 0 bridgehead atoms. The van der Waals surface area contributed by atoms with E-state index in [0.29, 0.717) is 11.5 Å². The van der Waals surface area contributed by atoms with Crippen LogP contribution in [0.3, 0.4) is 0 Å². The van der Waals surface area contributed by atoms with Crippen molar-refractivity contribution < 1.29 is 9.47 Å². The topological polar surface area (TPSA) is 42.2 Å². The molecule has 0 amide bonds. The van der Waals surface area contributed by atoms with E-state index in [4.69, 9.17) is 9.47 Å². The highest BCUT2D eigenvalue weighted by Gasteiger charge is 2.39. The standard InChI is InChI=1S/C13H15NO2/c1-15-11-5-4-10(8-12(11)16-2)13(9-14)6-3-7-13/h4-5,8H,3,6-7H2,1-2H3. The lowest BCUT2D eigenvalue weighted by Gasteiger charge is -2.35. The SMILES string of the molecule is COc1ccc(C2(C#N)CCC2)cc1OC. The molecule has 3 nitrogen and oxygen atoms in total. The Hall–Kier alpha value is -1.69. The van der Waals surface area contributed by atoms with Crippen LogP contribution in [0.2, 0.25) is 0 Å². The summed E-state index contributed by atoms with van der Waals surface area (Å²) >= 11 is 0. The lowest BCUT2D eigenvalue weighted by Crippen LogP contribution is -2.32. The van der Waals surface area contributed by atoms with Crippen LogP contribution in [0.15, 0.2) is 18.2 Å². The third-order valence-corrected chi connectivity index (χ3v) is 3.36. The lowest BCUT2D eigenvalue weighted by molar-refractivity contribution is 0.318. The summed E-state index contributed by atoms with van der Waals surface area (Å²) in [4.78, 5) is 0. The molecular weight excluding hydrogens is 202 g/mol. The number of rotatable bonds is 3. The maximum Gasteiger partial charge on any atom is 0.161 e. The second-order valence-electron chi connectivity index (χ2n) is 4.12. The average Bonchev–Trinajstić information content (AvgIpc) is 2.28. The largest absolute Gasteiger partial charge is 0.493 e. The van der Waals surface area contributed by atoms with E-state index in [0.717, 1.165) is 24.8 Å². The molecule has 0 atom stereocenters. The van der Waals surface area contributed by atoms with Crippen molar-refractivity contribution in [1.29, 1.82) is 5.26 Å². The van der Waals surface area contributed by atoms with Gasteiger partial charge in [-0.2, -0.15) is 5.26 Å². The molecule has 3 heteroatoms. The van der Waals surface area contributed by atoms with Crippen molar-refractivity contribution in [1.82, 2.24) is 0 Å². The van der Waals surface area contributed by atoms with Crippen LogP contribution in [-0.2, 0) is 5.41 Å². The fourth-order valence-corrected chi connectivity index (χ4v) is 2.13. The molecule has 1 aromatic carbocycles. The maximum atomic E-state index is 9.26. The fraction of sp³-hybridized carbons (Fsp3) is 0.462. The van der Waals surface area contributed by atoms with Gasteiger partial charge < -0.3 is 9.47 Å². The van der Waals surface area contributed by atoms with Crippen molar-refractivity contribution in [2.75, 3.05) is 14.2 Å². The minimum atomic E-state index is -0.292. The van der Waals surface area contributed by atoms with Gasteiger partial charge in [0.05, 0.1) is 25.7 Å². The first-order valence-electron chi connectivity index (χ1n) is 5.39. The number of nitriles is 1. The van der Waals surface area contributed by atoms with Gasteiger partial charge in [-0.15, -0.1) is 0 Å². The molecule has 0 unspecified atom stereocenters. The van der Waals surface area contributed by atoms with Gasteiger partial charge in [0, 0.05) is 0 Å². The Morgan fingerprint density at radius 2 is 1.88 bits per heavy atom. The molecular formula is C13H15NO2. The van der Waals surface area contributed by atoms with E-state index in [1.54, 1.807) is 14.2 Å². The molecule has 16 heavy (non-hydrogen) atoms. The lowest BCUT2D eigenvalue weighted by atomic mass is 9.65. The van der Waals surface area contributed by atoms with Crippen LogP contribution < -0.4 is 9.47 Å². The minimum Gasteiger partial charge on any atom is -0.493 e. The molecule has 0 N–H and O–H groups in total. The minimum absolute atomic E-state index is 0.292. The Balaban J connectivity index is 2.40. The first-order valence-corrected chi connectivity index (χ1v) is 5.39. The van der Waals surface area contributed by atoms with Gasteiger partial charge in [-0.3, -0.25) is 0 Å². The molecule has 84 valence electrons. The predicted molar refractivity (Wildman–Crippen MR) is 60.7 cm³/mol. The van der Waals surface area contributed by atoms with Gasteiger partial charge in [0.2, 0.25) is 0 Å². The van der Waals surface area contributed by atoms with Crippen LogP contribution >= 0.6 is 0 Å². The molecule has 1 aliphatic carbocycles. The van der Waals surface area contributed by atoms with Crippen LogP contribution in [0.5, 0.6) is 11.5 Å². The first kappa shape index (κ1) is 10.8. The fourth-order valence-electron chi connectivity index (χ4n) is 2.13. The second kappa shape index (κ2) is 4.05. The van der Waals surface area contributed by atoms with Crippen molar-refractivity contribution in [3.63, 3.8) is 0 Å². The Morgan fingerprint density at radius 3 is 2.31 bits per heavy atom. The van der Waals surface area contributed by atoms with Crippen LogP contribution in [0.4, 0.5) is 0 Å². The summed E-state index contributed by atoms with van der Waals surface area (Å²) in [7, 11) is 3.22. The van der Waals surface area contributed by atoms with Gasteiger partial charge in [-0.25, -0.2) is 0 Å². The third-order valence-electron chi connectivity index (χ3n) is 3.36. The Labute approximate surface area is 95.6 Å². The van der Waals surface area contributed by atoms with Gasteiger partial charge in [0.15, 0.2) is 11.5 Å². The summed E-state index contributed by atoms with van der Waals surface area (Å²) in [6.45, 7) is 0. The van der Waals surface area contributed by atoms with E-state index in [9.17, 15) is 5.26 Å². The highest BCUT2D eigenvalue weighted by atomic mass is 16.5. The third kappa shape index (κ3) is 1.51. The van der Waals surface area contributed by atoms with E-state index in [1.807, 2.05) is 18.2 Å². The molecule has 0 aliphatic heterocycles. The van der Waals surface area contributed by atoms with E-state index >= 15 is 0 Å². The van der Waals surface area contributed by atoms with Crippen LogP contribution in [-0.4, -0.2) is 14.2 Å². The summed E-state index contributed by atoms with van der Waals surface area (Å²) in [5, 5.41) is 9.26. The zero-order chi connectivity index (χ0) is 11.6. The van der Waals surface area contributed by atoms with Crippen molar-refractivity contribution in [3.05, 3.63) is 23.8 Å². The highest BCUT2D eigenvalue weighted by molar-refractivity contribution is 5.47. The highest BCUT2D eigenvalue weighted by Crippen LogP contribution is 2.45. The number of methoxy groups -OCH3 is 2. The Morgan fingerprint density at radius 1 is 1.19 bits per heavy atom.